The second-order valence-corrected chi connectivity index (χ2v) is 6.48. The zero-order valence-corrected chi connectivity index (χ0v) is 13.5. The van der Waals surface area contributed by atoms with Crippen molar-refractivity contribution in [3.05, 3.63) is 0 Å². The molecule has 120 valence electrons. The van der Waals surface area contributed by atoms with E-state index in [1.807, 2.05) is 7.05 Å². The first kappa shape index (κ1) is 16.2. The number of likely N-dealkylation sites (N-methyl/N-ethyl adjacent to an activating group) is 2. The maximum absolute atomic E-state index is 12.2. The summed E-state index contributed by atoms with van der Waals surface area (Å²) in [5.74, 6) is -0.0912. The molecule has 0 radical (unpaired) electrons. The van der Waals surface area contributed by atoms with Gasteiger partial charge >= 0.3 is 0 Å². The number of carbonyl (C=O) groups is 2. The molecule has 2 fully saturated rings. The predicted octanol–water partition coefficient (Wildman–Crippen LogP) is -0.393. The van der Waals surface area contributed by atoms with E-state index in [1.54, 1.807) is 4.90 Å². The van der Waals surface area contributed by atoms with Gasteiger partial charge in [0.2, 0.25) is 11.8 Å². The Balaban J connectivity index is 1.71. The summed E-state index contributed by atoms with van der Waals surface area (Å²) >= 11 is 0. The van der Waals surface area contributed by atoms with Crippen molar-refractivity contribution in [2.45, 2.75) is 25.3 Å². The molecule has 0 aromatic carbocycles. The van der Waals surface area contributed by atoms with E-state index in [4.69, 9.17) is 0 Å². The maximum Gasteiger partial charge on any atom is 0.227 e. The Morgan fingerprint density at radius 1 is 1.29 bits per heavy atom. The predicted molar refractivity (Wildman–Crippen MR) is 81.9 cm³/mol. The van der Waals surface area contributed by atoms with E-state index < -0.39 is 0 Å². The molecule has 6 heteroatoms. The van der Waals surface area contributed by atoms with Crippen molar-refractivity contribution in [2.24, 2.45) is 5.92 Å². The summed E-state index contributed by atoms with van der Waals surface area (Å²) in [6.45, 7) is 4.42. The van der Waals surface area contributed by atoms with Gasteiger partial charge in [0.15, 0.2) is 0 Å². The van der Waals surface area contributed by atoms with Gasteiger partial charge in [-0.25, -0.2) is 0 Å². The van der Waals surface area contributed by atoms with Crippen molar-refractivity contribution in [3.8, 4) is 0 Å². The standard InChI is InChI=1S/C15H28N4O2/c1-17-6-4-13(5-7-17)18(2)8-9-19(3)15(21)12-10-14(20)16-11-12/h12-13H,4-11H2,1-3H3,(H,16,20). The summed E-state index contributed by atoms with van der Waals surface area (Å²) in [6, 6.07) is 0.624. The minimum absolute atomic E-state index is 0.00908. The van der Waals surface area contributed by atoms with E-state index in [9.17, 15) is 9.59 Å². The first-order valence-electron chi connectivity index (χ1n) is 7.88. The van der Waals surface area contributed by atoms with Crippen LogP contribution < -0.4 is 5.32 Å². The van der Waals surface area contributed by atoms with Crippen LogP contribution in [0.5, 0.6) is 0 Å². The molecular weight excluding hydrogens is 268 g/mol. The lowest BCUT2D eigenvalue weighted by Gasteiger charge is -2.35. The van der Waals surface area contributed by atoms with Crippen LogP contribution in [0.3, 0.4) is 0 Å². The molecule has 0 saturated carbocycles. The average Bonchev–Trinajstić information content (AvgIpc) is 2.91. The molecule has 1 N–H and O–H groups in total. The van der Waals surface area contributed by atoms with E-state index in [0.29, 0.717) is 19.0 Å². The number of nitrogens with one attached hydrogen (secondary N) is 1. The first-order valence-corrected chi connectivity index (χ1v) is 7.88. The number of rotatable bonds is 5. The fraction of sp³-hybridized carbons (Fsp3) is 0.867. The number of amides is 2. The minimum atomic E-state index is -0.170. The van der Waals surface area contributed by atoms with Crippen LogP contribution >= 0.6 is 0 Å². The summed E-state index contributed by atoms with van der Waals surface area (Å²) < 4.78 is 0. The average molecular weight is 296 g/mol. The number of piperidine rings is 1. The minimum Gasteiger partial charge on any atom is -0.355 e. The van der Waals surface area contributed by atoms with Crippen LogP contribution in [0.15, 0.2) is 0 Å². The van der Waals surface area contributed by atoms with E-state index >= 15 is 0 Å². The zero-order chi connectivity index (χ0) is 15.4. The van der Waals surface area contributed by atoms with Gasteiger partial charge in [0, 0.05) is 39.1 Å². The second-order valence-electron chi connectivity index (χ2n) is 6.48. The Hall–Kier alpha value is -1.14. The van der Waals surface area contributed by atoms with E-state index in [0.717, 1.165) is 26.2 Å². The second kappa shape index (κ2) is 7.22. The topological polar surface area (TPSA) is 55.9 Å². The quantitative estimate of drug-likeness (QED) is 0.750. The summed E-state index contributed by atoms with van der Waals surface area (Å²) in [4.78, 5) is 29.9. The Morgan fingerprint density at radius 2 is 1.95 bits per heavy atom. The molecule has 2 heterocycles. The monoisotopic (exact) mass is 296 g/mol. The Labute approximate surface area is 127 Å². The molecule has 0 aliphatic carbocycles. The summed E-state index contributed by atoms with van der Waals surface area (Å²) in [6.07, 6.45) is 2.74. The molecule has 6 nitrogen and oxygen atoms in total. The molecule has 0 aromatic rings. The Bertz CT molecular complexity index is 380. The fourth-order valence-corrected chi connectivity index (χ4v) is 3.13. The van der Waals surface area contributed by atoms with Crippen LogP contribution in [-0.4, -0.2) is 86.4 Å². The highest BCUT2D eigenvalue weighted by molar-refractivity contribution is 5.89. The number of likely N-dealkylation sites (tertiary alicyclic amines) is 1. The molecule has 2 rings (SSSR count). The van der Waals surface area contributed by atoms with Gasteiger partial charge in [0.1, 0.15) is 0 Å². The number of hydrogen-bond donors (Lipinski definition) is 1. The lowest BCUT2D eigenvalue weighted by molar-refractivity contribution is -0.134. The molecule has 2 amide bonds. The number of hydrogen-bond acceptors (Lipinski definition) is 4. The maximum atomic E-state index is 12.2. The third-order valence-corrected chi connectivity index (χ3v) is 4.80. The molecule has 0 bridgehead atoms. The molecule has 2 aliphatic heterocycles. The third-order valence-electron chi connectivity index (χ3n) is 4.80. The van der Waals surface area contributed by atoms with Crippen molar-refractivity contribution < 1.29 is 9.59 Å². The van der Waals surface area contributed by atoms with E-state index in [-0.39, 0.29) is 17.7 Å². The van der Waals surface area contributed by atoms with Crippen molar-refractivity contribution in [3.63, 3.8) is 0 Å². The van der Waals surface area contributed by atoms with Crippen LogP contribution in [0, 0.1) is 5.92 Å². The largest absolute Gasteiger partial charge is 0.355 e. The summed E-state index contributed by atoms with van der Waals surface area (Å²) in [7, 11) is 6.15. The van der Waals surface area contributed by atoms with E-state index in [1.165, 1.54) is 12.8 Å². The Morgan fingerprint density at radius 3 is 2.52 bits per heavy atom. The van der Waals surface area contributed by atoms with Crippen molar-refractivity contribution in [1.82, 2.24) is 20.0 Å². The van der Waals surface area contributed by atoms with Crippen LogP contribution in [0.4, 0.5) is 0 Å². The highest BCUT2D eigenvalue weighted by Crippen LogP contribution is 2.15. The van der Waals surface area contributed by atoms with Crippen LogP contribution in [0.1, 0.15) is 19.3 Å². The van der Waals surface area contributed by atoms with E-state index in [2.05, 4.69) is 29.2 Å². The van der Waals surface area contributed by atoms with Gasteiger partial charge in [0.05, 0.1) is 5.92 Å². The number of carbonyl (C=O) groups excluding carboxylic acids is 2. The van der Waals surface area contributed by atoms with Crippen LogP contribution in [0.2, 0.25) is 0 Å². The number of nitrogens with zero attached hydrogens (tertiary/aromatic N) is 3. The van der Waals surface area contributed by atoms with Gasteiger partial charge in [-0.1, -0.05) is 0 Å². The van der Waals surface area contributed by atoms with Crippen LogP contribution in [-0.2, 0) is 9.59 Å². The lowest BCUT2D eigenvalue weighted by atomic mass is 10.0. The van der Waals surface area contributed by atoms with Gasteiger partial charge in [-0.3, -0.25) is 9.59 Å². The molecule has 1 unspecified atom stereocenters. The Kier molecular flexibility index (Phi) is 5.58. The highest BCUT2D eigenvalue weighted by atomic mass is 16.2. The third kappa shape index (κ3) is 4.41. The van der Waals surface area contributed by atoms with Gasteiger partial charge in [-0.15, -0.1) is 0 Å². The van der Waals surface area contributed by atoms with Gasteiger partial charge in [0.25, 0.3) is 0 Å². The highest BCUT2D eigenvalue weighted by Gasteiger charge is 2.30. The zero-order valence-electron chi connectivity index (χ0n) is 13.5. The van der Waals surface area contributed by atoms with Gasteiger partial charge in [-0.05, 0) is 40.0 Å². The molecule has 0 spiro atoms. The molecule has 0 aromatic heterocycles. The van der Waals surface area contributed by atoms with Crippen molar-refractivity contribution in [2.75, 3.05) is 53.9 Å². The SMILES string of the molecule is CN1CCC(N(C)CCN(C)C(=O)C2CNC(=O)C2)CC1. The first-order chi connectivity index (χ1) is 9.97. The van der Waals surface area contributed by atoms with Gasteiger partial charge in [-0.2, -0.15) is 0 Å². The molecule has 2 saturated heterocycles. The lowest BCUT2D eigenvalue weighted by Crippen LogP contribution is -2.45. The molecule has 2 aliphatic rings. The van der Waals surface area contributed by atoms with Crippen molar-refractivity contribution in [1.29, 1.82) is 0 Å². The van der Waals surface area contributed by atoms with Gasteiger partial charge < -0.3 is 20.0 Å². The molecule has 1 atom stereocenters. The molecule has 21 heavy (non-hydrogen) atoms. The molecular formula is C15H28N4O2. The van der Waals surface area contributed by atoms with Crippen LogP contribution in [0.25, 0.3) is 0 Å². The normalized spacial score (nSPS) is 24.4. The summed E-state index contributed by atoms with van der Waals surface area (Å²) in [5, 5.41) is 2.72. The fourth-order valence-electron chi connectivity index (χ4n) is 3.13. The summed E-state index contributed by atoms with van der Waals surface area (Å²) in [5.41, 5.74) is 0. The van der Waals surface area contributed by atoms with Crippen molar-refractivity contribution >= 4 is 11.8 Å². The smallest absolute Gasteiger partial charge is 0.227 e.